The molecule has 16 heavy (non-hydrogen) atoms. The maximum Gasteiger partial charge on any atom is 0.126 e. The number of hydrogen-bond donors (Lipinski definition) is 1. The highest BCUT2D eigenvalue weighted by atomic mass is 19.1. The molecule has 2 aromatic rings. The molecular formula is C13H13FN2. The fourth-order valence-corrected chi connectivity index (χ4v) is 1.61. The summed E-state index contributed by atoms with van der Waals surface area (Å²) in [5.41, 5.74) is 8.13. The van der Waals surface area contributed by atoms with Gasteiger partial charge in [0.15, 0.2) is 0 Å². The topological polar surface area (TPSA) is 38.9 Å². The number of pyridine rings is 1. The van der Waals surface area contributed by atoms with Crippen molar-refractivity contribution in [3.8, 4) is 0 Å². The third kappa shape index (κ3) is 2.44. The van der Waals surface area contributed by atoms with Gasteiger partial charge in [0.25, 0.3) is 0 Å². The number of rotatable bonds is 3. The average molecular weight is 216 g/mol. The van der Waals surface area contributed by atoms with Crippen LogP contribution in [0, 0.1) is 5.82 Å². The average Bonchev–Trinajstić information content (AvgIpc) is 2.33. The van der Waals surface area contributed by atoms with Gasteiger partial charge in [-0.2, -0.15) is 0 Å². The Kier molecular flexibility index (Phi) is 3.27. The molecule has 0 amide bonds. The van der Waals surface area contributed by atoms with Crippen LogP contribution in [0.15, 0.2) is 42.7 Å². The molecule has 0 unspecified atom stereocenters. The van der Waals surface area contributed by atoms with E-state index in [9.17, 15) is 4.39 Å². The molecule has 0 atom stereocenters. The first-order valence-corrected chi connectivity index (χ1v) is 5.16. The Labute approximate surface area is 93.9 Å². The molecule has 0 bridgehead atoms. The molecule has 3 heteroatoms. The van der Waals surface area contributed by atoms with Gasteiger partial charge in [0, 0.05) is 25.4 Å². The van der Waals surface area contributed by atoms with Gasteiger partial charge in [-0.3, -0.25) is 4.98 Å². The van der Waals surface area contributed by atoms with Crippen molar-refractivity contribution in [1.29, 1.82) is 0 Å². The monoisotopic (exact) mass is 216 g/mol. The maximum atomic E-state index is 13.5. The van der Waals surface area contributed by atoms with Gasteiger partial charge in [-0.25, -0.2) is 4.39 Å². The standard InChI is InChI=1S/C13H13FN2/c14-13-4-3-10(8-15)6-12(13)7-11-2-1-5-16-9-11/h1-6,9H,7-8,15H2. The van der Waals surface area contributed by atoms with E-state index in [-0.39, 0.29) is 5.82 Å². The molecule has 2 rings (SSSR count). The predicted molar refractivity (Wildman–Crippen MR) is 61.3 cm³/mol. The molecule has 0 saturated carbocycles. The normalized spacial score (nSPS) is 10.4. The number of nitrogens with two attached hydrogens (primary N) is 1. The molecule has 0 spiro atoms. The van der Waals surface area contributed by atoms with Crippen molar-refractivity contribution in [2.45, 2.75) is 13.0 Å². The van der Waals surface area contributed by atoms with Crippen molar-refractivity contribution in [2.24, 2.45) is 5.73 Å². The molecule has 2 nitrogen and oxygen atoms in total. The Balaban J connectivity index is 2.27. The molecule has 0 aliphatic rings. The first-order chi connectivity index (χ1) is 7.79. The Morgan fingerprint density at radius 2 is 2.06 bits per heavy atom. The first-order valence-electron chi connectivity index (χ1n) is 5.16. The lowest BCUT2D eigenvalue weighted by Crippen LogP contribution is -2.00. The van der Waals surface area contributed by atoms with E-state index in [4.69, 9.17) is 5.73 Å². The van der Waals surface area contributed by atoms with Crippen LogP contribution in [-0.2, 0) is 13.0 Å². The summed E-state index contributed by atoms with van der Waals surface area (Å²) in [5, 5.41) is 0. The summed E-state index contributed by atoms with van der Waals surface area (Å²) in [6.45, 7) is 0.431. The lowest BCUT2D eigenvalue weighted by atomic mass is 10.0. The van der Waals surface area contributed by atoms with Crippen LogP contribution >= 0.6 is 0 Å². The molecule has 1 aromatic heterocycles. The Bertz CT molecular complexity index is 469. The fraction of sp³-hybridized carbons (Fsp3) is 0.154. The third-order valence-corrected chi connectivity index (χ3v) is 2.46. The van der Waals surface area contributed by atoms with Crippen molar-refractivity contribution in [2.75, 3.05) is 0 Å². The summed E-state index contributed by atoms with van der Waals surface area (Å²) in [6, 6.07) is 8.76. The van der Waals surface area contributed by atoms with E-state index < -0.39 is 0 Å². The van der Waals surface area contributed by atoms with Crippen LogP contribution in [0.25, 0.3) is 0 Å². The molecule has 82 valence electrons. The van der Waals surface area contributed by atoms with Gasteiger partial charge in [0.2, 0.25) is 0 Å². The summed E-state index contributed by atoms with van der Waals surface area (Å²) in [7, 11) is 0. The highest BCUT2D eigenvalue weighted by Crippen LogP contribution is 2.14. The van der Waals surface area contributed by atoms with Gasteiger partial charge in [-0.15, -0.1) is 0 Å². The second kappa shape index (κ2) is 4.86. The molecular weight excluding hydrogens is 203 g/mol. The summed E-state index contributed by atoms with van der Waals surface area (Å²) in [5.74, 6) is -0.193. The van der Waals surface area contributed by atoms with E-state index in [0.717, 1.165) is 11.1 Å². The zero-order chi connectivity index (χ0) is 11.4. The molecule has 0 fully saturated rings. The summed E-state index contributed by atoms with van der Waals surface area (Å²) < 4.78 is 13.5. The third-order valence-electron chi connectivity index (χ3n) is 2.46. The van der Waals surface area contributed by atoms with Crippen molar-refractivity contribution < 1.29 is 4.39 Å². The van der Waals surface area contributed by atoms with Gasteiger partial charge >= 0.3 is 0 Å². The molecule has 0 aliphatic heterocycles. The number of aromatic nitrogens is 1. The summed E-state index contributed by atoms with van der Waals surface area (Å²) in [6.07, 6.45) is 4.00. The molecule has 0 radical (unpaired) electrons. The second-order valence-corrected chi connectivity index (χ2v) is 3.67. The minimum atomic E-state index is -0.193. The van der Waals surface area contributed by atoms with Crippen LogP contribution in [0.2, 0.25) is 0 Å². The Morgan fingerprint density at radius 1 is 1.19 bits per heavy atom. The van der Waals surface area contributed by atoms with Gasteiger partial charge in [-0.05, 0) is 28.8 Å². The van der Waals surface area contributed by atoms with Gasteiger partial charge in [-0.1, -0.05) is 18.2 Å². The first kappa shape index (κ1) is 10.8. The van der Waals surface area contributed by atoms with Gasteiger partial charge < -0.3 is 5.73 Å². The van der Waals surface area contributed by atoms with E-state index >= 15 is 0 Å². The highest BCUT2D eigenvalue weighted by Gasteiger charge is 2.04. The lowest BCUT2D eigenvalue weighted by molar-refractivity contribution is 0.613. The second-order valence-electron chi connectivity index (χ2n) is 3.67. The largest absolute Gasteiger partial charge is 0.326 e. The Morgan fingerprint density at radius 3 is 2.75 bits per heavy atom. The van der Waals surface area contributed by atoms with Crippen LogP contribution in [0.5, 0.6) is 0 Å². The lowest BCUT2D eigenvalue weighted by Gasteiger charge is -2.05. The number of hydrogen-bond acceptors (Lipinski definition) is 2. The number of benzene rings is 1. The molecule has 0 saturated heterocycles. The fourth-order valence-electron chi connectivity index (χ4n) is 1.61. The van der Waals surface area contributed by atoms with E-state index in [1.807, 2.05) is 18.2 Å². The zero-order valence-corrected chi connectivity index (χ0v) is 8.86. The van der Waals surface area contributed by atoms with Crippen molar-refractivity contribution >= 4 is 0 Å². The number of nitrogens with zero attached hydrogens (tertiary/aromatic N) is 1. The molecule has 0 aliphatic carbocycles. The minimum absolute atomic E-state index is 0.193. The van der Waals surface area contributed by atoms with Crippen LogP contribution in [0.4, 0.5) is 4.39 Å². The molecule has 2 N–H and O–H groups in total. The minimum Gasteiger partial charge on any atom is -0.326 e. The van der Waals surface area contributed by atoms with Gasteiger partial charge in [0.05, 0.1) is 0 Å². The van der Waals surface area contributed by atoms with Crippen molar-refractivity contribution in [1.82, 2.24) is 4.98 Å². The zero-order valence-electron chi connectivity index (χ0n) is 8.86. The van der Waals surface area contributed by atoms with Gasteiger partial charge in [0.1, 0.15) is 5.82 Å². The van der Waals surface area contributed by atoms with E-state index in [2.05, 4.69) is 4.98 Å². The SMILES string of the molecule is NCc1ccc(F)c(Cc2cccnc2)c1. The van der Waals surface area contributed by atoms with E-state index in [0.29, 0.717) is 18.5 Å². The maximum absolute atomic E-state index is 13.5. The van der Waals surface area contributed by atoms with Crippen molar-refractivity contribution in [3.05, 3.63) is 65.2 Å². The molecule has 1 aromatic carbocycles. The van der Waals surface area contributed by atoms with Crippen LogP contribution in [-0.4, -0.2) is 4.98 Å². The molecule has 1 heterocycles. The van der Waals surface area contributed by atoms with E-state index in [1.54, 1.807) is 18.5 Å². The number of halogens is 1. The van der Waals surface area contributed by atoms with E-state index in [1.165, 1.54) is 6.07 Å². The quantitative estimate of drug-likeness (QED) is 0.854. The highest BCUT2D eigenvalue weighted by molar-refractivity contribution is 5.29. The summed E-state index contributed by atoms with van der Waals surface area (Å²) >= 11 is 0. The van der Waals surface area contributed by atoms with Crippen molar-refractivity contribution in [3.63, 3.8) is 0 Å². The predicted octanol–water partition coefficient (Wildman–Crippen LogP) is 2.27. The smallest absolute Gasteiger partial charge is 0.126 e. The summed E-state index contributed by atoms with van der Waals surface area (Å²) in [4.78, 5) is 4.01. The van der Waals surface area contributed by atoms with Crippen LogP contribution < -0.4 is 5.73 Å². The Hall–Kier alpha value is -1.74. The van der Waals surface area contributed by atoms with Crippen LogP contribution in [0.3, 0.4) is 0 Å². The van der Waals surface area contributed by atoms with Crippen LogP contribution in [0.1, 0.15) is 16.7 Å².